The average molecular weight is 348 g/mol. The summed E-state index contributed by atoms with van der Waals surface area (Å²) in [5.74, 6) is -0.201. The van der Waals surface area contributed by atoms with E-state index in [0.717, 1.165) is 16.8 Å². The van der Waals surface area contributed by atoms with Gasteiger partial charge < -0.3 is 5.32 Å². The van der Waals surface area contributed by atoms with Crippen LogP contribution in [0.4, 0.5) is 5.69 Å². The lowest BCUT2D eigenvalue weighted by Gasteiger charge is -2.22. The van der Waals surface area contributed by atoms with Crippen LogP contribution in [-0.2, 0) is 10.2 Å². The van der Waals surface area contributed by atoms with Crippen LogP contribution in [0.3, 0.4) is 0 Å². The van der Waals surface area contributed by atoms with Crippen LogP contribution in [0.1, 0.15) is 31.9 Å². The van der Waals surface area contributed by atoms with Crippen molar-refractivity contribution >= 4 is 40.9 Å². The zero-order valence-corrected chi connectivity index (χ0v) is 14.9. The maximum Gasteiger partial charge on any atom is 0.248 e. The van der Waals surface area contributed by atoms with Crippen molar-refractivity contribution in [1.29, 1.82) is 0 Å². The molecule has 0 unspecified atom stereocenters. The smallest absolute Gasteiger partial charge is 0.248 e. The predicted molar refractivity (Wildman–Crippen MR) is 99.3 cm³/mol. The van der Waals surface area contributed by atoms with E-state index in [-0.39, 0.29) is 11.3 Å². The second kappa shape index (κ2) is 7.20. The third-order valence-corrected chi connectivity index (χ3v) is 3.93. The number of halogens is 2. The number of hydrogen-bond donors (Lipinski definition) is 1. The molecule has 2 rings (SSSR count). The number of para-hydroxylation sites is 1. The van der Waals surface area contributed by atoms with Crippen LogP contribution in [0.15, 0.2) is 48.5 Å². The van der Waals surface area contributed by atoms with Crippen molar-refractivity contribution in [3.63, 3.8) is 0 Å². The SMILES string of the molecule is CC(C)(C)c1ccccc1NC(=O)/C=C/c1ccc(Cl)cc1Cl. The van der Waals surface area contributed by atoms with Gasteiger partial charge in [-0.1, -0.05) is 68.2 Å². The fourth-order valence-corrected chi connectivity index (χ4v) is 2.69. The maximum absolute atomic E-state index is 12.2. The fraction of sp³-hybridized carbons (Fsp3) is 0.211. The van der Waals surface area contributed by atoms with E-state index < -0.39 is 0 Å². The Labute approximate surface area is 147 Å². The van der Waals surface area contributed by atoms with E-state index >= 15 is 0 Å². The van der Waals surface area contributed by atoms with E-state index in [4.69, 9.17) is 23.2 Å². The first-order valence-electron chi connectivity index (χ1n) is 7.31. The number of rotatable bonds is 3. The van der Waals surface area contributed by atoms with Gasteiger partial charge in [0, 0.05) is 21.8 Å². The molecule has 0 saturated heterocycles. The van der Waals surface area contributed by atoms with Crippen molar-refractivity contribution in [3.8, 4) is 0 Å². The predicted octanol–water partition coefficient (Wildman–Crippen LogP) is 5.94. The third-order valence-electron chi connectivity index (χ3n) is 3.37. The minimum Gasteiger partial charge on any atom is -0.322 e. The highest BCUT2D eigenvalue weighted by Gasteiger charge is 2.17. The van der Waals surface area contributed by atoms with Gasteiger partial charge in [0.1, 0.15) is 0 Å². The summed E-state index contributed by atoms with van der Waals surface area (Å²) in [4.78, 5) is 12.2. The largest absolute Gasteiger partial charge is 0.322 e. The molecule has 0 aliphatic rings. The highest BCUT2D eigenvalue weighted by atomic mass is 35.5. The Balaban J connectivity index is 2.16. The van der Waals surface area contributed by atoms with Crippen molar-refractivity contribution in [2.75, 3.05) is 5.32 Å². The molecule has 0 heterocycles. The van der Waals surface area contributed by atoms with E-state index in [9.17, 15) is 4.79 Å². The van der Waals surface area contributed by atoms with Crippen molar-refractivity contribution in [3.05, 3.63) is 69.7 Å². The summed E-state index contributed by atoms with van der Waals surface area (Å²) < 4.78 is 0. The van der Waals surface area contributed by atoms with Crippen LogP contribution < -0.4 is 5.32 Å². The normalized spacial score (nSPS) is 11.7. The number of nitrogens with one attached hydrogen (secondary N) is 1. The van der Waals surface area contributed by atoms with Crippen molar-refractivity contribution < 1.29 is 4.79 Å². The topological polar surface area (TPSA) is 29.1 Å². The van der Waals surface area contributed by atoms with E-state index in [1.807, 2.05) is 24.3 Å². The summed E-state index contributed by atoms with van der Waals surface area (Å²) in [5.41, 5.74) is 2.60. The highest BCUT2D eigenvalue weighted by molar-refractivity contribution is 6.35. The summed E-state index contributed by atoms with van der Waals surface area (Å²) in [7, 11) is 0. The van der Waals surface area contributed by atoms with Crippen molar-refractivity contribution in [1.82, 2.24) is 0 Å². The standard InChI is InChI=1S/C19H19Cl2NO/c1-19(2,3)15-6-4-5-7-17(15)22-18(23)11-9-13-8-10-14(20)12-16(13)21/h4-12H,1-3H3,(H,22,23)/b11-9+. The van der Waals surface area contributed by atoms with Crippen LogP contribution in [0.25, 0.3) is 6.08 Å². The molecule has 0 spiro atoms. The minimum atomic E-state index is -0.201. The second-order valence-electron chi connectivity index (χ2n) is 6.28. The molecule has 4 heteroatoms. The molecule has 2 nitrogen and oxygen atoms in total. The van der Waals surface area contributed by atoms with E-state index in [1.165, 1.54) is 6.08 Å². The molecule has 2 aromatic rings. The van der Waals surface area contributed by atoms with Gasteiger partial charge in [-0.3, -0.25) is 4.79 Å². The molecule has 0 fully saturated rings. The molecule has 0 aliphatic carbocycles. The molecule has 2 aromatic carbocycles. The number of carbonyl (C=O) groups is 1. The lowest BCUT2D eigenvalue weighted by atomic mass is 9.86. The molecular weight excluding hydrogens is 329 g/mol. The Kier molecular flexibility index (Phi) is 5.51. The number of hydrogen-bond acceptors (Lipinski definition) is 1. The summed E-state index contributed by atoms with van der Waals surface area (Å²) >= 11 is 12.0. The van der Waals surface area contributed by atoms with Gasteiger partial charge >= 0.3 is 0 Å². The number of carbonyl (C=O) groups excluding carboxylic acids is 1. The molecule has 120 valence electrons. The van der Waals surface area contributed by atoms with Crippen LogP contribution in [0.2, 0.25) is 10.0 Å². The van der Waals surface area contributed by atoms with Gasteiger partial charge in [-0.25, -0.2) is 0 Å². The minimum absolute atomic E-state index is 0.0485. The Morgan fingerprint density at radius 3 is 2.43 bits per heavy atom. The van der Waals surface area contributed by atoms with E-state index in [0.29, 0.717) is 10.0 Å². The lowest BCUT2D eigenvalue weighted by molar-refractivity contribution is -0.111. The third kappa shape index (κ3) is 4.85. The average Bonchev–Trinajstić information content (AvgIpc) is 2.46. The van der Waals surface area contributed by atoms with Gasteiger partial charge in [-0.2, -0.15) is 0 Å². The molecule has 1 N–H and O–H groups in total. The van der Waals surface area contributed by atoms with Gasteiger partial charge in [-0.05, 0) is 40.8 Å². The molecule has 0 aromatic heterocycles. The number of anilines is 1. The van der Waals surface area contributed by atoms with Crippen molar-refractivity contribution in [2.45, 2.75) is 26.2 Å². The lowest BCUT2D eigenvalue weighted by Crippen LogP contribution is -2.17. The molecular formula is C19H19Cl2NO. The zero-order valence-electron chi connectivity index (χ0n) is 13.4. The quantitative estimate of drug-likeness (QED) is 0.683. The Morgan fingerprint density at radius 1 is 1.09 bits per heavy atom. The fourth-order valence-electron chi connectivity index (χ4n) is 2.22. The first-order valence-corrected chi connectivity index (χ1v) is 8.06. The van der Waals surface area contributed by atoms with E-state index in [2.05, 4.69) is 26.1 Å². The van der Waals surface area contributed by atoms with Crippen molar-refractivity contribution in [2.24, 2.45) is 0 Å². The second-order valence-corrected chi connectivity index (χ2v) is 7.13. The van der Waals surface area contributed by atoms with Gasteiger partial charge in [0.25, 0.3) is 0 Å². The van der Waals surface area contributed by atoms with Crippen LogP contribution in [-0.4, -0.2) is 5.91 Å². The molecule has 0 saturated carbocycles. The highest BCUT2D eigenvalue weighted by Crippen LogP contribution is 2.29. The Bertz CT molecular complexity index is 745. The molecule has 0 aliphatic heterocycles. The molecule has 0 atom stereocenters. The Hall–Kier alpha value is -1.77. The van der Waals surface area contributed by atoms with Crippen LogP contribution in [0.5, 0.6) is 0 Å². The Morgan fingerprint density at radius 2 is 1.78 bits per heavy atom. The maximum atomic E-state index is 12.2. The zero-order chi connectivity index (χ0) is 17.0. The number of amides is 1. The van der Waals surface area contributed by atoms with Gasteiger partial charge in [0.2, 0.25) is 5.91 Å². The van der Waals surface area contributed by atoms with Crippen LogP contribution in [0, 0.1) is 0 Å². The monoisotopic (exact) mass is 347 g/mol. The summed E-state index contributed by atoms with van der Waals surface area (Å²) in [5, 5.41) is 4.00. The summed E-state index contributed by atoms with van der Waals surface area (Å²) in [6.45, 7) is 6.34. The number of benzene rings is 2. The van der Waals surface area contributed by atoms with Gasteiger partial charge in [0.15, 0.2) is 0 Å². The first-order chi connectivity index (χ1) is 10.8. The molecule has 0 bridgehead atoms. The molecule has 1 amide bonds. The summed E-state index contributed by atoms with van der Waals surface area (Å²) in [6, 6.07) is 13.0. The summed E-state index contributed by atoms with van der Waals surface area (Å²) in [6.07, 6.45) is 3.14. The van der Waals surface area contributed by atoms with Crippen LogP contribution >= 0.6 is 23.2 Å². The molecule has 0 radical (unpaired) electrons. The van der Waals surface area contributed by atoms with E-state index in [1.54, 1.807) is 24.3 Å². The molecule has 23 heavy (non-hydrogen) atoms. The first kappa shape index (κ1) is 17.6. The van der Waals surface area contributed by atoms with Gasteiger partial charge in [-0.15, -0.1) is 0 Å². The van der Waals surface area contributed by atoms with Gasteiger partial charge in [0.05, 0.1) is 0 Å².